The fraction of sp³-hybridized carbons (Fsp3) is 0.250. The van der Waals surface area contributed by atoms with Crippen molar-refractivity contribution in [3.63, 3.8) is 0 Å². The van der Waals surface area contributed by atoms with E-state index in [-0.39, 0.29) is 12.1 Å². The lowest BCUT2D eigenvalue weighted by atomic mass is 9.94. The normalized spacial score (nSPS) is 21.6. The number of rotatable bonds is 2. The predicted molar refractivity (Wildman–Crippen MR) is 79.6 cm³/mol. The van der Waals surface area contributed by atoms with Gasteiger partial charge in [0.25, 0.3) is 0 Å². The van der Waals surface area contributed by atoms with E-state index in [0.29, 0.717) is 0 Å². The zero-order valence-electron chi connectivity index (χ0n) is 10.9. The Morgan fingerprint density at radius 3 is 2.58 bits per heavy atom. The Hall–Kier alpha value is -1.45. The van der Waals surface area contributed by atoms with Crippen molar-refractivity contribution < 1.29 is 4.74 Å². The number of ether oxygens (including phenoxy) is 1. The van der Waals surface area contributed by atoms with Crippen LogP contribution in [-0.2, 0) is 0 Å². The van der Waals surface area contributed by atoms with Gasteiger partial charge in [-0.15, -0.1) is 11.8 Å². The van der Waals surface area contributed by atoms with Gasteiger partial charge in [0.1, 0.15) is 11.9 Å². The number of fused-ring (bicyclic) bond motifs is 1. The number of nitrogens with two attached hydrogens (primary N) is 1. The van der Waals surface area contributed by atoms with Crippen LogP contribution in [0.3, 0.4) is 0 Å². The molecule has 2 aromatic rings. The Kier molecular flexibility index (Phi) is 3.49. The van der Waals surface area contributed by atoms with E-state index >= 15 is 0 Å². The van der Waals surface area contributed by atoms with E-state index in [1.165, 1.54) is 10.5 Å². The Morgan fingerprint density at radius 2 is 1.84 bits per heavy atom. The van der Waals surface area contributed by atoms with Crippen LogP contribution in [0.5, 0.6) is 5.75 Å². The number of thioether (sulfide) groups is 1. The largest absolute Gasteiger partial charge is 0.485 e. The van der Waals surface area contributed by atoms with Crippen molar-refractivity contribution in [1.29, 1.82) is 0 Å². The first kappa shape index (κ1) is 12.6. The zero-order chi connectivity index (χ0) is 13.2. The third kappa shape index (κ3) is 2.48. The molecule has 0 aliphatic carbocycles. The highest BCUT2D eigenvalue weighted by Crippen LogP contribution is 2.39. The van der Waals surface area contributed by atoms with Crippen molar-refractivity contribution in [2.45, 2.75) is 23.5 Å². The molecule has 0 bridgehead atoms. The summed E-state index contributed by atoms with van der Waals surface area (Å²) < 4.78 is 6.08. The van der Waals surface area contributed by atoms with Crippen molar-refractivity contribution >= 4 is 11.8 Å². The van der Waals surface area contributed by atoms with Crippen LogP contribution in [0.4, 0.5) is 0 Å². The van der Waals surface area contributed by atoms with Gasteiger partial charge in [-0.05, 0) is 30.0 Å². The lowest BCUT2D eigenvalue weighted by Gasteiger charge is -2.30. The molecule has 0 spiro atoms. The predicted octanol–water partition coefficient (Wildman–Crippen LogP) is 3.93. The van der Waals surface area contributed by atoms with Crippen molar-refractivity contribution in [2.75, 3.05) is 6.26 Å². The molecule has 1 aliphatic rings. The first-order valence-electron chi connectivity index (χ1n) is 6.43. The van der Waals surface area contributed by atoms with Crippen molar-refractivity contribution in [3.8, 4) is 5.75 Å². The van der Waals surface area contributed by atoms with Crippen LogP contribution in [0.2, 0.25) is 0 Å². The second-order valence-electron chi connectivity index (χ2n) is 4.76. The average molecular weight is 271 g/mol. The monoisotopic (exact) mass is 271 g/mol. The SMILES string of the molecule is CSc1ccc(C2C[C@H](N)c3ccccc3O2)cc1. The molecule has 98 valence electrons. The number of benzene rings is 2. The van der Waals surface area contributed by atoms with Gasteiger partial charge in [0, 0.05) is 22.9 Å². The molecule has 0 amide bonds. The van der Waals surface area contributed by atoms with Crippen molar-refractivity contribution in [2.24, 2.45) is 5.73 Å². The molecule has 3 rings (SSSR count). The summed E-state index contributed by atoms with van der Waals surface area (Å²) in [5, 5.41) is 0. The fourth-order valence-corrected chi connectivity index (χ4v) is 2.88. The molecule has 2 atom stereocenters. The quantitative estimate of drug-likeness (QED) is 0.840. The summed E-state index contributed by atoms with van der Waals surface area (Å²) in [5.74, 6) is 0.917. The molecule has 0 radical (unpaired) electrons. The van der Waals surface area contributed by atoms with Gasteiger partial charge >= 0.3 is 0 Å². The first-order chi connectivity index (χ1) is 9.28. The van der Waals surface area contributed by atoms with E-state index in [9.17, 15) is 0 Å². The van der Waals surface area contributed by atoms with Gasteiger partial charge in [-0.25, -0.2) is 0 Å². The summed E-state index contributed by atoms with van der Waals surface area (Å²) in [6, 6.07) is 16.6. The van der Waals surface area contributed by atoms with Crippen LogP contribution < -0.4 is 10.5 Å². The second-order valence-corrected chi connectivity index (χ2v) is 5.64. The van der Waals surface area contributed by atoms with Gasteiger partial charge in [-0.1, -0.05) is 30.3 Å². The number of para-hydroxylation sites is 1. The molecule has 0 fully saturated rings. The molecule has 19 heavy (non-hydrogen) atoms. The molecule has 1 heterocycles. The topological polar surface area (TPSA) is 35.2 Å². The van der Waals surface area contributed by atoms with Gasteiger partial charge in [0.2, 0.25) is 0 Å². The van der Waals surface area contributed by atoms with Crippen LogP contribution in [0, 0.1) is 0 Å². The summed E-state index contributed by atoms with van der Waals surface area (Å²) in [6.45, 7) is 0. The highest BCUT2D eigenvalue weighted by atomic mass is 32.2. The molecule has 2 nitrogen and oxygen atoms in total. The first-order valence-corrected chi connectivity index (χ1v) is 7.65. The lowest BCUT2D eigenvalue weighted by Crippen LogP contribution is -2.23. The molecule has 2 aromatic carbocycles. The molecule has 3 heteroatoms. The molecular formula is C16H17NOS. The summed E-state index contributed by atoms with van der Waals surface area (Å²) in [6.07, 6.45) is 2.97. The molecule has 0 saturated carbocycles. The molecule has 2 N–H and O–H groups in total. The number of hydrogen-bond donors (Lipinski definition) is 1. The molecule has 1 unspecified atom stereocenters. The zero-order valence-corrected chi connectivity index (χ0v) is 11.7. The van der Waals surface area contributed by atoms with Crippen LogP contribution in [0.1, 0.15) is 29.7 Å². The van der Waals surface area contributed by atoms with Crippen LogP contribution >= 0.6 is 11.8 Å². The Balaban J connectivity index is 1.87. The van der Waals surface area contributed by atoms with E-state index in [0.717, 1.165) is 17.7 Å². The Labute approximate surface area is 118 Å². The van der Waals surface area contributed by atoms with E-state index in [1.54, 1.807) is 11.8 Å². The summed E-state index contributed by atoms with van der Waals surface area (Å²) in [5.41, 5.74) is 8.55. The van der Waals surface area contributed by atoms with Crippen molar-refractivity contribution in [3.05, 3.63) is 59.7 Å². The minimum Gasteiger partial charge on any atom is -0.485 e. The molecule has 1 aliphatic heterocycles. The summed E-state index contributed by atoms with van der Waals surface area (Å²) in [4.78, 5) is 1.27. The van der Waals surface area contributed by atoms with Gasteiger partial charge in [-0.3, -0.25) is 0 Å². The smallest absolute Gasteiger partial charge is 0.126 e. The number of hydrogen-bond acceptors (Lipinski definition) is 3. The Morgan fingerprint density at radius 1 is 1.11 bits per heavy atom. The fourth-order valence-electron chi connectivity index (χ4n) is 2.48. The van der Waals surface area contributed by atoms with Crippen molar-refractivity contribution in [1.82, 2.24) is 0 Å². The van der Waals surface area contributed by atoms with E-state index < -0.39 is 0 Å². The Bertz CT molecular complexity index is 567. The molecule has 0 aromatic heterocycles. The molecular weight excluding hydrogens is 254 g/mol. The second kappa shape index (κ2) is 5.27. The van der Waals surface area contributed by atoms with Gasteiger partial charge in [0.05, 0.1) is 0 Å². The summed E-state index contributed by atoms with van der Waals surface area (Å²) >= 11 is 1.75. The van der Waals surface area contributed by atoms with E-state index in [4.69, 9.17) is 10.5 Å². The third-order valence-corrected chi connectivity index (χ3v) is 4.29. The maximum Gasteiger partial charge on any atom is 0.126 e. The standard InChI is InChI=1S/C16H17NOS/c1-19-12-8-6-11(7-9-12)16-10-14(17)13-4-2-3-5-15(13)18-16/h2-9,14,16H,10,17H2,1H3/t14-,16?/m0/s1. The maximum absolute atomic E-state index is 6.25. The van der Waals surface area contributed by atoms with Crippen LogP contribution in [-0.4, -0.2) is 6.26 Å². The van der Waals surface area contributed by atoms with Gasteiger partial charge in [-0.2, -0.15) is 0 Å². The van der Waals surface area contributed by atoms with E-state index in [2.05, 4.69) is 30.5 Å². The minimum absolute atomic E-state index is 0.0511. The maximum atomic E-state index is 6.25. The van der Waals surface area contributed by atoms with Gasteiger partial charge in [0.15, 0.2) is 0 Å². The molecule has 0 saturated heterocycles. The summed E-state index contributed by atoms with van der Waals surface area (Å²) in [7, 11) is 0. The minimum atomic E-state index is 0.0511. The average Bonchev–Trinajstić information content (AvgIpc) is 2.47. The third-order valence-electron chi connectivity index (χ3n) is 3.54. The van der Waals surface area contributed by atoms with Crippen LogP contribution in [0.15, 0.2) is 53.4 Å². The highest BCUT2D eigenvalue weighted by molar-refractivity contribution is 7.98. The van der Waals surface area contributed by atoms with Crippen LogP contribution in [0.25, 0.3) is 0 Å². The van der Waals surface area contributed by atoms with Gasteiger partial charge < -0.3 is 10.5 Å². The van der Waals surface area contributed by atoms with E-state index in [1.807, 2.05) is 24.3 Å². The highest BCUT2D eigenvalue weighted by Gasteiger charge is 2.26. The lowest BCUT2D eigenvalue weighted by molar-refractivity contribution is 0.161.